The van der Waals surface area contributed by atoms with Crippen molar-refractivity contribution in [1.82, 2.24) is 0 Å². The number of carbonyl (C=O) groups excluding carboxylic acids is 2. The van der Waals surface area contributed by atoms with Gasteiger partial charge in [0, 0.05) is 11.4 Å². The van der Waals surface area contributed by atoms with Crippen LogP contribution in [0.15, 0.2) is 41.6 Å². The molecule has 2 aliphatic carbocycles. The van der Waals surface area contributed by atoms with Gasteiger partial charge in [-0.25, -0.2) is 4.79 Å². The van der Waals surface area contributed by atoms with Crippen molar-refractivity contribution >= 4 is 29.1 Å². The summed E-state index contributed by atoms with van der Waals surface area (Å²) in [5.41, 5.74) is -2.39. The van der Waals surface area contributed by atoms with Gasteiger partial charge in [0.2, 0.25) is 5.60 Å². The Hall–Kier alpha value is -2.18. The van der Waals surface area contributed by atoms with Crippen LogP contribution in [-0.4, -0.2) is 39.9 Å². The van der Waals surface area contributed by atoms with Crippen LogP contribution in [0.4, 0.5) is 0 Å². The second-order valence-corrected chi connectivity index (χ2v) is 9.27. The number of allylic oxidation sites excluding steroid dienone is 1. The van der Waals surface area contributed by atoms with Crippen LogP contribution in [0, 0.1) is 17.3 Å². The van der Waals surface area contributed by atoms with Gasteiger partial charge in [0.25, 0.3) is 0 Å². The summed E-state index contributed by atoms with van der Waals surface area (Å²) in [6.45, 7) is 3.64. The van der Waals surface area contributed by atoms with E-state index in [0.717, 1.165) is 5.56 Å². The predicted molar refractivity (Wildman–Crippen MR) is 105 cm³/mol. The fourth-order valence-electron chi connectivity index (χ4n) is 5.59. The Morgan fingerprint density at radius 3 is 2.66 bits per heavy atom. The van der Waals surface area contributed by atoms with Crippen LogP contribution >= 0.6 is 11.6 Å². The largest absolute Gasteiger partial charge is 0.458 e. The summed E-state index contributed by atoms with van der Waals surface area (Å²) < 4.78 is 5.81. The maximum Gasteiger partial charge on any atom is 0.354 e. The first-order valence-electron chi connectivity index (χ1n) is 9.90. The minimum absolute atomic E-state index is 0.158. The van der Waals surface area contributed by atoms with E-state index in [1.54, 1.807) is 25.1 Å². The van der Waals surface area contributed by atoms with Gasteiger partial charge in [0.05, 0.1) is 11.6 Å². The smallest absolute Gasteiger partial charge is 0.354 e. The van der Waals surface area contributed by atoms with E-state index in [9.17, 15) is 14.7 Å². The molecule has 1 saturated carbocycles. The number of aliphatic hydroxyl groups is 1. The van der Waals surface area contributed by atoms with Gasteiger partial charge >= 0.3 is 5.97 Å². The number of nitrogens with zero attached hydrogens (tertiary/aromatic N) is 1. The topological polar surface area (TPSA) is 85.2 Å². The first kappa shape index (κ1) is 18.8. The molecule has 1 aromatic rings. The van der Waals surface area contributed by atoms with E-state index in [1.165, 1.54) is 6.08 Å². The number of halogens is 1. The summed E-state index contributed by atoms with van der Waals surface area (Å²) >= 11 is 5.97. The molecule has 0 radical (unpaired) electrons. The van der Waals surface area contributed by atoms with Gasteiger partial charge in [0.1, 0.15) is 17.1 Å². The van der Waals surface area contributed by atoms with Crippen molar-refractivity contribution in [3.63, 3.8) is 0 Å². The van der Waals surface area contributed by atoms with E-state index in [4.69, 9.17) is 21.2 Å². The van der Waals surface area contributed by atoms with Gasteiger partial charge in [-0.1, -0.05) is 35.8 Å². The molecule has 2 heterocycles. The van der Waals surface area contributed by atoms with Crippen LogP contribution in [0.3, 0.4) is 0 Å². The quantitative estimate of drug-likeness (QED) is 0.712. The van der Waals surface area contributed by atoms with Gasteiger partial charge in [-0.05, 0) is 55.5 Å². The molecule has 5 rings (SSSR count). The van der Waals surface area contributed by atoms with E-state index >= 15 is 0 Å². The normalized spacial score (nSPS) is 42.9. The van der Waals surface area contributed by atoms with Crippen molar-refractivity contribution < 1.29 is 24.3 Å². The average molecular weight is 416 g/mol. The minimum atomic E-state index is -1.35. The Bertz CT molecular complexity index is 972. The van der Waals surface area contributed by atoms with Crippen molar-refractivity contribution in [3.05, 3.63) is 47.0 Å². The van der Waals surface area contributed by atoms with E-state index in [-0.39, 0.29) is 24.0 Å². The molecule has 1 unspecified atom stereocenters. The Morgan fingerprint density at radius 1 is 1.21 bits per heavy atom. The molecular weight excluding hydrogens is 394 g/mol. The minimum Gasteiger partial charge on any atom is -0.458 e. The SMILES string of the molecule is C[C@H]1CC[C@@H]2[C@@H](OC(=O)C23CC(c2ccc(Cl)cc2)=NO3)[C@]2(C)C(=O)C=C[C@@]12O. The summed E-state index contributed by atoms with van der Waals surface area (Å²) in [6, 6.07) is 7.19. The van der Waals surface area contributed by atoms with Gasteiger partial charge in [-0.2, -0.15) is 0 Å². The molecule has 1 N–H and O–H groups in total. The molecule has 7 heteroatoms. The molecule has 1 spiro atoms. The summed E-state index contributed by atoms with van der Waals surface area (Å²) in [6.07, 6.45) is 3.73. The number of hydrogen-bond acceptors (Lipinski definition) is 6. The van der Waals surface area contributed by atoms with Crippen molar-refractivity contribution in [1.29, 1.82) is 0 Å². The Balaban J connectivity index is 1.53. The molecule has 1 aromatic carbocycles. The summed E-state index contributed by atoms with van der Waals surface area (Å²) in [4.78, 5) is 31.8. The highest BCUT2D eigenvalue weighted by molar-refractivity contribution is 6.30. The number of rotatable bonds is 1. The zero-order valence-corrected chi connectivity index (χ0v) is 17.0. The number of ketones is 1. The van der Waals surface area contributed by atoms with Gasteiger partial charge in [-0.15, -0.1) is 0 Å². The predicted octanol–water partition coefficient (Wildman–Crippen LogP) is 3.05. The molecule has 1 saturated heterocycles. The van der Waals surface area contributed by atoms with Crippen molar-refractivity contribution in [2.45, 2.75) is 50.4 Å². The third-order valence-electron chi connectivity index (χ3n) is 7.53. The molecule has 0 aromatic heterocycles. The lowest BCUT2D eigenvalue weighted by Gasteiger charge is -2.43. The number of oxime groups is 1. The highest BCUT2D eigenvalue weighted by Crippen LogP contribution is 2.59. The molecule has 0 bridgehead atoms. The molecule has 2 aliphatic heterocycles. The lowest BCUT2D eigenvalue weighted by atomic mass is 9.63. The van der Waals surface area contributed by atoms with E-state index in [0.29, 0.717) is 23.6 Å². The summed E-state index contributed by atoms with van der Waals surface area (Å²) in [5, 5.41) is 16.3. The molecule has 2 fully saturated rings. The first-order chi connectivity index (χ1) is 13.7. The maximum atomic E-state index is 13.1. The number of carbonyl (C=O) groups is 2. The zero-order valence-electron chi connectivity index (χ0n) is 16.2. The Labute approximate surface area is 173 Å². The highest BCUT2D eigenvalue weighted by atomic mass is 35.5. The third kappa shape index (κ3) is 2.24. The number of fused-ring (bicyclic) bond motifs is 4. The monoisotopic (exact) mass is 415 g/mol. The van der Waals surface area contributed by atoms with Crippen LogP contribution in [0.1, 0.15) is 38.7 Å². The van der Waals surface area contributed by atoms with Gasteiger partial charge in [-0.3, -0.25) is 4.79 Å². The fourth-order valence-corrected chi connectivity index (χ4v) is 5.72. The third-order valence-corrected chi connectivity index (χ3v) is 7.79. The number of hydrogen-bond donors (Lipinski definition) is 1. The molecule has 0 amide bonds. The highest BCUT2D eigenvalue weighted by Gasteiger charge is 2.73. The van der Waals surface area contributed by atoms with Crippen molar-refractivity contribution in [3.8, 4) is 0 Å². The van der Waals surface area contributed by atoms with E-state index in [1.807, 2.05) is 19.1 Å². The maximum absolute atomic E-state index is 13.1. The lowest BCUT2D eigenvalue weighted by molar-refractivity contribution is -0.169. The number of benzene rings is 1. The van der Waals surface area contributed by atoms with E-state index in [2.05, 4.69) is 5.16 Å². The molecule has 6 nitrogen and oxygen atoms in total. The van der Waals surface area contributed by atoms with Crippen LogP contribution < -0.4 is 0 Å². The number of ether oxygens (including phenoxy) is 1. The van der Waals surface area contributed by atoms with Crippen molar-refractivity contribution in [2.75, 3.05) is 0 Å². The average Bonchev–Trinajstić information content (AvgIpc) is 3.32. The Morgan fingerprint density at radius 2 is 1.93 bits per heavy atom. The molecular formula is C22H22ClNO5. The first-order valence-corrected chi connectivity index (χ1v) is 10.3. The van der Waals surface area contributed by atoms with Crippen molar-refractivity contribution in [2.24, 2.45) is 22.4 Å². The van der Waals surface area contributed by atoms with Crippen LogP contribution in [0.2, 0.25) is 5.02 Å². The van der Waals surface area contributed by atoms with Crippen LogP contribution in [0.25, 0.3) is 0 Å². The standard InChI is InChI=1S/C22H22ClNO5/c1-12-3-8-15-18(20(2)17(25)9-10-22(12,20)27)28-19(26)21(15)11-16(24-29-21)13-4-6-14(23)7-5-13/h4-7,9-10,12,15,18,27H,3,8,11H2,1-2H3/t12-,15+,18+,20-,21?,22+/m0/s1. The number of esters is 1. The Kier molecular flexibility index (Phi) is 3.84. The molecule has 29 heavy (non-hydrogen) atoms. The lowest BCUT2D eigenvalue weighted by Crippen LogP contribution is -2.57. The van der Waals surface area contributed by atoms with Crippen LogP contribution in [0.5, 0.6) is 0 Å². The molecule has 6 atom stereocenters. The molecule has 4 aliphatic rings. The van der Waals surface area contributed by atoms with Crippen LogP contribution in [-0.2, 0) is 19.2 Å². The van der Waals surface area contributed by atoms with Gasteiger partial charge < -0.3 is 14.7 Å². The van der Waals surface area contributed by atoms with Gasteiger partial charge in [0.15, 0.2) is 5.78 Å². The summed E-state index contributed by atoms with van der Waals surface area (Å²) in [5.74, 6) is -1.27. The molecule has 152 valence electrons. The zero-order chi connectivity index (χ0) is 20.6. The fraction of sp³-hybridized carbons (Fsp3) is 0.500. The second-order valence-electron chi connectivity index (χ2n) is 8.84. The van der Waals surface area contributed by atoms with E-state index < -0.39 is 28.7 Å². The second kappa shape index (κ2) is 5.92. The summed E-state index contributed by atoms with van der Waals surface area (Å²) in [7, 11) is 0.